The summed E-state index contributed by atoms with van der Waals surface area (Å²) in [6, 6.07) is 6.55. The van der Waals surface area contributed by atoms with E-state index in [0.29, 0.717) is 23.7 Å². The standard InChI is InChI=1S/C17H18N6O4/c1-9-13(10(2)27-23-9)7-25-12-5-3-11(4-6-12)15(24)26-8-14-20-16(18)22-17(19)21-14/h3-6H,7-8H2,1-2H3,(H4,18,19,20,21,22). The zero-order valence-electron chi connectivity index (χ0n) is 14.8. The average Bonchev–Trinajstić information content (AvgIpc) is 2.95. The van der Waals surface area contributed by atoms with Crippen LogP contribution in [0.3, 0.4) is 0 Å². The number of ether oxygens (including phenoxy) is 2. The first-order valence-corrected chi connectivity index (χ1v) is 8.00. The molecule has 0 bridgehead atoms. The summed E-state index contributed by atoms with van der Waals surface area (Å²) in [5.41, 5.74) is 13.0. The van der Waals surface area contributed by atoms with E-state index in [-0.39, 0.29) is 24.3 Å². The van der Waals surface area contributed by atoms with Gasteiger partial charge in [0.05, 0.1) is 16.8 Å². The number of carbonyl (C=O) groups is 1. The molecule has 0 spiro atoms. The molecule has 27 heavy (non-hydrogen) atoms. The lowest BCUT2D eigenvalue weighted by Crippen LogP contribution is -2.11. The Bertz CT molecular complexity index is 915. The number of aromatic nitrogens is 4. The summed E-state index contributed by atoms with van der Waals surface area (Å²) >= 11 is 0. The first kappa shape index (κ1) is 18.1. The Morgan fingerprint density at radius 1 is 1.04 bits per heavy atom. The second kappa shape index (κ2) is 7.68. The highest BCUT2D eigenvalue weighted by Gasteiger charge is 2.12. The molecule has 0 atom stereocenters. The van der Waals surface area contributed by atoms with E-state index in [1.54, 1.807) is 24.3 Å². The van der Waals surface area contributed by atoms with Crippen molar-refractivity contribution < 1.29 is 18.8 Å². The molecule has 3 rings (SSSR count). The van der Waals surface area contributed by atoms with Gasteiger partial charge in [0, 0.05) is 0 Å². The van der Waals surface area contributed by atoms with Gasteiger partial charge in [-0.25, -0.2) is 4.79 Å². The summed E-state index contributed by atoms with van der Waals surface area (Å²) in [7, 11) is 0. The van der Waals surface area contributed by atoms with Gasteiger partial charge in [-0.3, -0.25) is 0 Å². The Morgan fingerprint density at radius 3 is 2.30 bits per heavy atom. The van der Waals surface area contributed by atoms with Crippen LogP contribution in [0, 0.1) is 13.8 Å². The number of benzene rings is 1. The number of rotatable bonds is 6. The minimum atomic E-state index is -0.537. The van der Waals surface area contributed by atoms with Crippen LogP contribution in [-0.2, 0) is 18.0 Å². The highest BCUT2D eigenvalue weighted by molar-refractivity contribution is 5.89. The maximum Gasteiger partial charge on any atom is 0.338 e. The van der Waals surface area contributed by atoms with E-state index >= 15 is 0 Å². The molecule has 0 amide bonds. The number of nitrogens with zero attached hydrogens (tertiary/aromatic N) is 4. The summed E-state index contributed by atoms with van der Waals surface area (Å²) in [6.45, 7) is 3.83. The minimum absolute atomic E-state index is 0.0339. The molecule has 1 aromatic carbocycles. The molecule has 0 aliphatic heterocycles. The van der Waals surface area contributed by atoms with Crippen molar-refractivity contribution in [1.82, 2.24) is 20.1 Å². The Kier molecular flexibility index (Phi) is 5.15. The monoisotopic (exact) mass is 370 g/mol. The average molecular weight is 370 g/mol. The normalized spacial score (nSPS) is 10.6. The molecule has 2 heterocycles. The number of carbonyl (C=O) groups excluding carboxylic acids is 1. The lowest BCUT2D eigenvalue weighted by atomic mass is 10.2. The zero-order valence-corrected chi connectivity index (χ0v) is 14.8. The minimum Gasteiger partial charge on any atom is -0.489 e. The van der Waals surface area contributed by atoms with Crippen molar-refractivity contribution in [3.63, 3.8) is 0 Å². The largest absolute Gasteiger partial charge is 0.489 e. The highest BCUT2D eigenvalue weighted by atomic mass is 16.5. The van der Waals surface area contributed by atoms with Gasteiger partial charge in [-0.15, -0.1) is 0 Å². The molecule has 0 aliphatic carbocycles. The molecule has 10 nitrogen and oxygen atoms in total. The first-order valence-electron chi connectivity index (χ1n) is 8.00. The fourth-order valence-electron chi connectivity index (χ4n) is 2.29. The molecule has 0 saturated carbocycles. The molecule has 0 saturated heterocycles. The van der Waals surface area contributed by atoms with Crippen molar-refractivity contribution in [3.8, 4) is 5.75 Å². The lowest BCUT2D eigenvalue weighted by molar-refractivity contribution is 0.0462. The van der Waals surface area contributed by atoms with Gasteiger partial charge in [-0.05, 0) is 38.1 Å². The van der Waals surface area contributed by atoms with E-state index < -0.39 is 5.97 Å². The quantitative estimate of drug-likeness (QED) is 0.611. The van der Waals surface area contributed by atoms with Gasteiger partial charge in [0.1, 0.15) is 18.1 Å². The Labute approximate surface area is 154 Å². The smallest absolute Gasteiger partial charge is 0.338 e. The molecule has 0 unspecified atom stereocenters. The van der Waals surface area contributed by atoms with Gasteiger partial charge < -0.3 is 25.5 Å². The number of nitrogens with two attached hydrogens (primary N) is 2. The van der Waals surface area contributed by atoms with Crippen LogP contribution in [0.15, 0.2) is 28.8 Å². The number of aryl methyl sites for hydroxylation is 2. The van der Waals surface area contributed by atoms with Crippen molar-refractivity contribution in [2.45, 2.75) is 27.1 Å². The third kappa shape index (κ3) is 4.48. The molecule has 0 aliphatic rings. The van der Waals surface area contributed by atoms with Crippen molar-refractivity contribution in [3.05, 3.63) is 52.7 Å². The summed E-state index contributed by atoms with van der Waals surface area (Å²) in [5.74, 6) is 0.885. The van der Waals surface area contributed by atoms with E-state index in [9.17, 15) is 4.79 Å². The van der Waals surface area contributed by atoms with Crippen LogP contribution in [-0.4, -0.2) is 26.1 Å². The SMILES string of the molecule is Cc1noc(C)c1COc1ccc(C(=O)OCc2nc(N)nc(N)n2)cc1. The predicted octanol–water partition coefficient (Wildman–Crippen LogP) is 1.58. The van der Waals surface area contributed by atoms with Crippen molar-refractivity contribution in [1.29, 1.82) is 0 Å². The molecule has 10 heteroatoms. The van der Waals surface area contributed by atoms with E-state index in [1.807, 2.05) is 13.8 Å². The fourth-order valence-corrected chi connectivity index (χ4v) is 2.29. The third-order valence-electron chi connectivity index (χ3n) is 3.70. The molecule has 4 N–H and O–H groups in total. The number of esters is 1. The van der Waals surface area contributed by atoms with Crippen LogP contribution in [0.2, 0.25) is 0 Å². The van der Waals surface area contributed by atoms with Crippen LogP contribution < -0.4 is 16.2 Å². The number of anilines is 2. The van der Waals surface area contributed by atoms with Crippen molar-refractivity contribution in [2.75, 3.05) is 11.5 Å². The molecule has 0 fully saturated rings. The molecular weight excluding hydrogens is 352 g/mol. The number of nitrogen functional groups attached to an aromatic ring is 2. The van der Waals surface area contributed by atoms with Crippen LogP contribution in [0.5, 0.6) is 5.75 Å². The van der Waals surface area contributed by atoms with Crippen molar-refractivity contribution >= 4 is 17.9 Å². The number of hydrogen-bond donors (Lipinski definition) is 2. The van der Waals surface area contributed by atoms with Crippen LogP contribution >= 0.6 is 0 Å². The van der Waals surface area contributed by atoms with E-state index in [2.05, 4.69) is 20.1 Å². The van der Waals surface area contributed by atoms with Gasteiger partial charge >= 0.3 is 5.97 Å². The van der Waals surface area contributed by atoms with E-state index in [4.69, 9.17) is 25.5 Å². The molecule has 2 aromatic heterocycles. The summed E-state index contributed by atoms with van der Waals surface area (Å²) in [4.78, 5) is 23.4. The molecular formula is C17H18N6O4. The van der Waals surface area contributed by atoms with E-state index in [1.165, 1.54) is 0 Å². The molecule has 3 aromatic rings. The summed E-state index contributed by atoms with van der Waals surface area (Å²) in [6.07, 6.45) is 0. The van der Waals surface area contributed by atoms with Crippen LogP contribution in [0.25, 0.3) is 0 Å². The predicted molar refractivity (Wildman–Crippen MR) is 94.5 cm³/mol. The van der Waals surface area contributed by atoms with Crippen LogP contribution in [0.1, 0.15) is 33.2 Å². The Hall–Kier alpha value is -3.69. The zero-order chi connectivity index (χ0) is 19.4. The first-order chi connectivity index (χ1) is 12.9. The Balaban J connectivity index is 1.57. The van der Waals surface area contributed by atoms with Crippen molar-refractivity contribution in [2.24, 2.45) is 0 Å². The second-order valence-electron chi connectivity index (χ2n) is 5.66. The fraction of sp³-hybridized carbons (Fsp3) is 0.235. The Morgan fingerprint density at radius 2 is 1.70 bits per heavy atom. The second-order valence-corrected chi connectivity index (χ2v) is 5.66. The maximum atomic E-state index is 12.1. The highest BCUT2D eigenvalue weighted by Crippen LogP contribution is 2.18. The summed E-state index contributed by atoms with van der Waals surface area (Å²) in [5, 5.41) is 3.88. The van der Waals surface area contributed by atoms with E-state index in [0.717, 1.165) is 11.3 Å². The lowest BCUT2D eigenvalue weighted by Gasteiger charge is -2.07. The van der Waals surface area contributed by atoms with Crippen LogP contribution in [0.4, 0.5) is 11.9 Å². The third-order valence-corrected chi connectivity index (χ3v) is 3.70. The van der Waals surface area contributed by atoms with Gasteiger partial charge in [0.25, 0.3) is 0 Å². The van der Waals surface area contributed by atoms with Gasteiger partial charge in [-0.1, -0.05) is 5.16 Å². The number of hydrogen-bond acceptors (Lipinski definition) is 10. The van der Waals surface area contributed by atoms with Gasteiger partial charge in [0.2, 0.25) is 11.9 Å². The maximum absolute atomic E-state index is 12.1. The summed E-state index contributed by atoms with van der Waals surface area (Å²) < 4.78 is 15.9. The van der Waals surface area contributed by atoms with Gasteiger partial charge in [0.15, 0.2) is 12.4 Å². The topological polar surface area (TPSA) is 152 Å². The molecule has 0 radical (unpaired) electrons. The van der Waals surface area contributed by atoms with Gasteiger partial charge in [-0.2, -0.15) is 15.0 Å². The molecule has 140 valence electrons.